The van der Waals surface area contributed by atoms with Crippen molar-refractivity contribution in [3.8, 4) is 0 Å². The van der Waals surface area contributed by atoms with Crippen LogP contribution in [0.25, 0.3) is 0 Å². The molecule has 0 aliphatic carbocycles. The van der Waals surface area contributed by atoms with E-state index in [1.54, 1.807) is 19.2 Å². The molecular weight excluding hydrogens is 202 g/mol. The van der Waals surface area contributed by atoms with Crippen molar-refractivity contribution < 1.29 is 9.53 Å². The Labute approximate surface area is 88.0 Å². The summed E-state index contributed by atoms with van der Waals surface area (Å²) in [6.45, 7) is 0.519. The molecule has 0 saturated carbocycles. The van der Waals surface area contributed by atoms with Gasteiger partial charge < -0.3 is 10.1 Å². The van der Waals surface area contributed by atoms with Gasteiger partial charge in [0.15, 0.2) is 0 Å². The van der Waals surface area contributed by atoms with E-state index in [1.807, 2.05) is 12.1 Å². The van der Waals surface area contributed by atoms with Crippen LogP contribution in [0.15, 0.2) is 24.3 Å². The first kappa shape index (κ1) is 11.0. The monoisotopic (exact) mass is 213 g/mol. The molecule has 0 fully saturated rings. The first-order chi connectivity index (χ1) is 6.72. The van der Waals surface area contributed by atoms with Gasteiger partial charge in [0.2, 0.25) is 0 Å². The van der Waals surface area contributed by atoms with Crippen molar-refractivity contribution in [2.24, 2.45) is 0 Å². The molecule has 4 heteroatoms. The van der Waals surface area contributed by atoms with E-state index in [0.29, 0.717) is 5.02 Å². The number of hydrogen-bond acceptors (Lipinski definition) is 3. The van der Waals surface area contributed by atoms with Crippen LogP contribution < -0.4 is 5.32 Å². The Bertz CT molecular complexity index is 297. The second-order valence-corrected chi connectivity index (χ2v) is 3.25. The van der Waals surface area contributed by atoms with E-state index in [1.165, 1.54) is 0 Å². The van der Waals surface area contributed by atoms with Gasteiger partial charge in [-0.25, -0.2) is 0 Å². The van der Waals surface area contributed by atoms with Crippen molar-refractivity contribution in [3.05, 3.63) is 34.9 Å². The van der Waals surface area contributed by atoms with E-state index in [0.717, 1.165) is 5.56 Å². The van der Waals surface area contributed by atoms with Gasteiger partial charge in [-0.2, -0.15) is 0 Å². The van der Waals surface area contributed by atoms with Crippen LogP contribution in [-0.2, 0) is 16.1 Å². The Morgan fingerprint density at radius 1 is 1.43 bits per heavy atom. The molecule has 3 nitrogen and oxygen atoms in total. The summed E-state index contributed by atoms with van der Waals surface area (Å²) in [5.41, 5.74) is 0.929. The third kappa shape index (κ3) is 3.77. The molecule has 1 rings (SSSR count). The lowest BCUT2D eigenvalue weighted by molar-refractivity contribution is -0.143. The summed E-state index contributed by atoms with van der Waals surface area (Å²) < 4.78 is 4.96. The zero-order valence-corrected chi connectivity index (χ0v) is 8.67. The smallest absolute Gasteiger partial charge is 0.320 e. The number of ether oxygens (including phenoxy) is 1. The fourth-order valence-corrected chi connectivity index (χ4v) is 1.07. The van der Waals surface area contributed by atoms with Crippen LogP contribution in [0.3, 0.4) is 0 Å². The molecule has 0 aliphatic rings. The summed E-state index contributed by atoms with van der Waals surface area (Å²) in [6.07, 6.45) is 0. The van der Waals surface area contributed by atoms with Crippen LogP contribution in [0.2, 0.25) is 5.02 Å². The molecule has 0 aromatic heterocycles. The number of benzene rings is 1. The lowest BCUT2D eigenvalue weighted by atomic mass is 10.2. The Kier molecular flexibility index (Phi) is 4.43. The molecule has 0 bridgehead atoms. The molecule has 0 saturated heterocycles. The summed E-state index contributed by atoms with van der Waals surface area (Å²) >= 11 is 5.71. The van der Waals surface area contributed by atoms with Crippen molar-refractivity contribution >= 4 is 17.6 Å². The third-order valence-electron chi connectivity index (χ3n) is 1.63. The molecule has 0 amide bonds. The Morgan fingerprint density at radius 3 is 2.64 bits per heavy atom. The van der Waals surface area contributed by atoms with E-state index in [2.05, 4.69) is 5.32 Å². The summed E-state index contributed by atoms with van der Waals surface area (Å²) in [7, 11) is 1.70. The molecule has 0 atom stereocenters. The Hall–Kier alpha value is -1.06. The van der Waals surface area contributed by atoms with Crippen LogP contribution in [0.5, 0.6) is 0 Å². The van der Waals surface area contributed by atoms with Gasteiger partial charge in [0.25, 0.3) is 0 Å². The zero-order chi connectivity index (χ0) is 10.4. The number of nitrogens with one attached hydrogen (secondary N) is 1. The summed E-state index contributed by atoms with van der Waals surface area (Å²) in [6, 6.07) is 7.19. The molecule has 0 unspecified atom stereocenters. The summed E-state index contributed by atoms with van der Waals surface area (Å²) in [5.74, 6) is -0.262. The minimum atomic E-state index is -0.262. The Morgan fingerprint density at radius 2 is 2.07 bits per heavy atom. The number of esters is 1. The number of rotatable bonds is 4. The maximum Gasteiger partial charge on any atom is 0.320 e. The standard InChI is InChI=1S/C10H12ClNO2/c1-12-6-10(13)14-7-8-2-4-9(11)5-3-8/h2-5,12H,6-7H2,1H3. The van der Waals surface area contributed by atoms with Crippen molar-refractivity contribution in [3.63, 3.8) is 0 Å². The van der Waals surface area contributed by atoms with E-state index in [9.17, 15) is 4.79 Å². The fourth-order valence-electron chi connectivity index (χ4n) is 0.940. The topological polar surface area (TPSA) is 38.3 Å². The summed E-state index contributed by atoms with van der Waals surface area (Å²) in [4.78, 5) is 11.0. The second kappa shape index (κ2) is 5.62. The molecule has 76 valence electrons. The van der Waals surface area contributed by atoms with Crippen molar-refractivity contribution in [2.75, 3.05) is 13.6 Å². The number of carbonyl (C=O) groups excluding carboxylic acids is 1. The van der Waals surface area contributed by atoms with E-state index < -0.39 is 0 Å². The second-order valence-electron chi connectivity index (χ2n) is 2.82. The normalized spacial score (nSPS) is 9.86. The largest absolute Gasteiger partial charge is 0.460 e. The molecule has 0 aliphatic heterocycles. The number of likely N-dealkylation sites (N-methyl/N-ethyl adjacent to an activating group) is 1. The first-order valence-electron chi connectivity index (χ1n) is 4.27. The zero-order valence-electron chi connectivity index (χ0n) is 7.92. The van der Waals surface area contributed by atoms with Gasteiger partial charge in [0.1, 0.15) is 6.61 Å². The highest BCUT2D eigenvalue weighted by atomic mass is 35.5. The maximum atomic E-state index is 11.0. The van der Waals surface area contributed by atoms with Gasteiger partial charge in [-0.05, 0) is 24.7 Å². The SMILES string of the molecule is CNCC(=O)OCc1ccc(Cl)cc1. The average molecular weight is 214 g/mol. The molecule has 14 heavy (non-hydrogen) atoms. The highest BCUT2D eigenvalue weighted by molar-refractivity contribution is 6.30. The maximum absolute atomic E-state index is 11.0. The lowest BCUT2D eigenvalue weighted by Crippen LogP contribution is -2.20. The van der Waals surface area contributed by atoms with Crippen LogP contribution in [-0.4, -0.2) is 19.6 Å². The molecule has 0 spiro atoms. The highest BCUT2D eigenvalue weighted by Crippen LogP contribution is 2.10. The average Bonchev–Trinajstić information content (AvgIpc) is 2.17. The highest BCUT2D eigenvalue weighted by Gasteiger charge is 2.00. The lowest BCUT2D eigenvalue weighted by Gasteiger charge is -2.04. The number of carbonyl (C=O) groups is 1. The van der Waals surface area contributed by atoms with Gasteiger partial charge in [0.05, 0.1) is 6.54 Å². The number of halogens is 1. The third-order valence-corrected chi connectivity index (χ3v) is 1.89. The van der Waals surface area contributed by atoms with E-state index >= 15 is 0 Å². The predicted octanol–water partition coefficient (Wildman–Crippen LogP) is 1.60. The molecule has 1 N–H and O–H groups in total. The van der Waals surface area contributed by atoms with Crippen LogP contribution >= 0.6 is 11.6 Å². The van der Waals surface area contributed by atoms with Crippen LogP contribution in [0, 0.1) is 0 Å². The molecule has 1 aromatic rings. The first-order valence-corrected chi connectivity index (χ1v) is 4.65. The van der Waals surface area contributed by atoms with Crippen molar-refractivity contribution in [1.82, 2.24) is 5.32 Å². The van der Waals surface area contributed by atoms with Crippen LogP contribution in [0.4, 0.5) is 0 Å². The molecule has 0 heterocycles. The van der Waals surface area contributed by atoms with Gasteiger partial charge in [0, 0.05) is 5.02 Å². The molecular formula is C10H12ClNO2. The van der Waals surface area contributed by atoms with Gasteiger partial charge in [-0.3, -0.25) is 4.79 Å². The molecule has 1 aromatic carbocycles. The van der Waals surface area contributed by atoms with Gasteiger partial charge >= 0.3 is 5.97 Å². The quantitative estimate of drug-likeness (QED) is 0.773. The van der Waals surface area contributed by atoms with E-state index in [4.69, 9.17) is 16.3 Å². The van der Waals surface area contributed by atoms with Crippen molar-refractivity contribution in [1.29, 1.82) is 0 Å². The van der Waals surface area contributed by atoms with Crippen LogP contribution in [0.1, 0.15) is 5.56 Å². The minimum Gasteiger partial charge on any atom is -0.460 e. The minimum absolute atomic E-state index is 0.230. The van der Waals surface area contributed by atoms with Gasteiger partial charge in [-0.15, -0.1) is 0 Å². The Balaban J connectivity index is 2.38. The summed E-state index contributed by atoms with van der Waals surface area (Å²) in [5, 5.41) is 3.39. The van der Waals surface area contributed by atoms with E-state index in [-0.39, 0.29) is 19.1 Å². The van der Waals surface area contributed by atoms with Crippen molar-refractivity contribution in [2.45, 2.75) is 6.61 Å². The van der Waals surface area contributed by atoms with Gasteiger partial charge in [-0.1, -0.05) is 23.7 Å². The molecule has 0 radical (unpaired) electrons. The predicted molar refractivity (Wildman–Crippen MR) is 55.2 cm³/mol. The number of hydrogen-bond donors (Lipinski definition) is 1. The fraction of sp³-hybridized carbons (Fsp3) is 0.300.